The molecule has 2 heterocycles. The highest BCUT2D eigenvalue weighted by Crippen LogP contribution is 2.25. The van der Waals surface area contributed by atoms with Crippen molar-refractivity contribution in [3.05, 3.63) is 94.4 Å². The van der Waals surface area contributed by atoms with Crippen molar-refractivity contribution in [2.75, 3.05) is 0 Å². The van der Waals surface area contributed by atoms with E-state index >= 15 is 0 Å². The SMILES string of the molecule is CCn1c(-c2cccc(OCc3ccccn3)c2)csc1=Nc1ccc(C(=O)O)cc1. The third kappa shape index (κ3) is 4.90. The topological polar surface area (TPSA) is 76.7 Å². The molecule has 4 aromatic rings. The zero-order valence-electron chi connectivity index (χ0n) is 16.9. The molecule has 0 saturated carbocycles. The number of hydrogen-bond acceptors (Lipinski definition) is 5. The molecule has 0 unspecified atom stereocenters. The molecule has 156 valence electrons. The van der Waals surface area contributed by atoms with Crippen LogP contribution in [0.15, 0.2) is 83.3 Å². The largest absolute Gasteiger partial charge is 0.487 e. The fourth-order valence-corrected chi connectivity index (χ4v) is 4.12. The van der Waals surface area contributed by atoms with Gasteiger partial charge >= 0.3 is 5.97 Å². The summed E-state index contributed by atoms with van der Waals surface area (Å²) in [4.78, 5) is 20.9. The molecule has 6 nitrogen and oxygen atoms in total. The van der Waals surface area contributed by atoms with Crippen molar-refractivity contribution in [3.63, 3.8) is 0 Å². The Balaban J connectivity index is 1.60. The Morgan fingerprint density at radius 2 is 1.97 bits per heavy atom. The van der Waals surface area contributed by atoms with Crippen LogP contribution < -0.4 is 9.54 Å². The van der Waals surface area contributed by atoms with E-state index in [2.05, 4.69) is 21.9 Å². The summed E-state index contributed by atoms with van der Waals surface area (Å²) in [6, 6.07) is 20.3. The van der Waals surface area contributed by atoms with Gasteiger partial charge in [-0.2, -0.15) is 0 Å². The van der Waals surface area contributed by atoms with E-state index in [1.165, 1.54) is 0 Å². The van der Waals surface area contributed by atoms with Gasteiger partial charge in [0.25, 0.3) is 0 Å². The maximum atomic E-state index is 11.0. The lowest BCUT2D eigenvalue weighted by Crippen LogP contribution is -2.14. The zero-order valence-corrected chi connectivity index (χ0v) is 17.7. The van der Waals surface area contributed by atoms with Crippen LogP contribution in [0.25, 0.3) is 11.3 Å². The third-order valence-electron chi connectivity index (χ3n) is 4.70. The fraction of sp³-hybridized carbons (Fsp3) is 0.125. The molecule has 1 N–H and O–H groups in total. The molecule has 0 saturated heterocycles. The molecular formula is C24H21N3O3S. The summed E-state index contributed by atoms with van der Waals surface area (Å²) in [6.07, 6.45) is 1.75. The van der Waals surface area contributed by atoms with Crippen molar-refractivity contribution in [1.82, 2.24) is 9.55 Å². The Hall–Kier alpha value is -3.71. The van der Waals surface area contributed by atoms with Gasteiger partial charge in [-0.1, -0.05) is 18.2 Å². The Labute approximate surface area is 183 Å². The summed E-state index contributed by atoms with van der Waals surface area (Å²) in [7, 11) is 0. The van der Waals surface area contributed by atoms with Crippen LogP contribution in [0.5, 0.6) is 5.75 Å². The lowest BCUT2D eigenvalue weighted by molar-refractivity contribution is 0.0697. The Morgan fingerprint density at radius 1 is 1.13 bits per heavy atom. The quantitative estimate of drug-likeness (QED) is 0.439. The van der Waals surface area contributed by atoms with Gasteiger partial charge in [0, 0.05) is 23.7 Å². The smallest absolute Gasteiger partial charge is 0.335 e. The molecule has 0 bridgehead atoms. The summed E-state index contributed by atoms with van der Waals surface area (Å²) in [5.41, 5.74) is 3.93. The van der Waals surface area contributed by atoms with Crippen LogP contribution >= 0.6 is 11.3 Å². The van der Waals surface area contributed by atoms with E-state index in [4.69, 9.17) is 14.8 Å². The summed E-state index contributed by atoms with van der Waals surface area (Å²) < 4.78 is 8.05. The van der Waals surface area contributed by atoms with Crippen LogP contribution in [-0.4, -0.2) is 20.6 Å². The molecule has 2 aromatic heterocycles. The van der Waals surface area contributed by atoms with Gasteiger partial charge < -0.3 is 14.4 Å². The molecule has 0 aliphatic rings. The van der Waals surface area contributed by atoms with Gasteiger partial charge in [0.15, 0.2) is 4.80 Å². The van der Waals surface area contributed by atoms with E-state index in [0.717, 1.165) is 34.0 Å². The lowest BCUT2D eigenvalue weighted by atomic mass is 10.1. The standard InChI is InChI=1S/C24H21N3O3S/c1-2-27-22(16-31-24(27)26-19-11-9-17(10-12-19)23(28)29)18-6-5-8-21(14-18)30-15-20-7-3-4-13-25-20/h3-14,16H,2,15H2,1H3,(H,28,29). The van der Waals surface area contributed by atoms with Crippen molar-refractivity contribution in [2.24, 2.45) is 4.99 Å². The molecule has 2 aromatic carbocycles. The van der Waals surface area contributed by atoms with Gasteiger partial charge in [0.05, 0.1) is 22.6 Å². The normalized spacial score (nSPS) is 11.5. The molecule has 0 radical (unpaired) electrons. The van der Waals surface area contributed by atoms with E-state index < -0.39 is 5.97 Å². The maximum Gasteiger partial charge on any atom is 0.335 e. The molecule has 0 aliphatic carbocycles. The van der Waals surface area contributed by atoms with Crippen LogP contribution in [-0.2, 0) is 13.2 Å². The van der Waals surface area contributed by atoms with Gasteiger partial charge in [0.2, 0.25) is 0 Å². The zero-order chi connectivity index (χ0) is 21.6. The number of carboxylic acid groups (broad SMARTS) is 1. The number of nitrogens with zero attached hydrogens (tertiary/aromatic N) is 3. The Kier molecular flexibility index (Phi) is 6.24. The van der Waals surface area contributed by atoms with Crippen molar-refractivity contribution in [3.8, 4) is 17.0 Å². The monoisotopic (exact) mass is 431 g/mol. The molecule has 0 aliphatic heterocycles. The minimum absolute atomic E-state index is 0.247. The molecule has 0 amide bonds. The summed E-state index contributed by atoms with van der Waals surface area (Å²) >= 11 is 1.55. The van der Waals surface area contributed by atoms with Crippen molar-refractivity contribution in [2.45, 2.75) is 20.1 Å². The van der Waals surface area contributed by atoms with Crippen LogP contribution in [0, 0.1) is 0 Å². The van der Waals surface area contributed by atoms with Crippen LogP contribution in [0.4, 0.5) is 5.69 Å². The number of carboxylic acids is 1. The first-order chi connectivity index (χ1) is 15.1. The molecular weight excluding hydrogens is 410 g/mol. The minimum Gasteiger partial charge on any atom is -0.487 e. The minimum atomic E-state index is -0.946. The summed E-state index contributed by atoms with van der Waals surface area (Å²) in [5.74, 6) is -0.168. The number of rotatable bonds is 7. The number of aromatic carboxylic acids is 1. The third-order valence-corrected chi connectivity index (χ3v) is 5.56. The highest BCUT2D eigenvalue weighted by Gasteiger charge is 2.09. The summed E-state index contributed by atoms with van der Waals surface area (Å²) in [6.45, 7) is 3.24. The predicted octanol–water partition coefficient (Wildman–Crippen LogP) is 5.14. The first-order valence-corrected chi connectivity index (χ1v) is 10.7. The van der Waals surface area contributed by atoms with E-state index in [0.29, 0.717) is 12.3 Å². The second-order valence-corrected chi connectivity index (χ2v) is 7.59. The predicted molar refractivity (Wildman–Crippen MR) is 121 cm³/mol. The Morgan fingerprint density at radius 3 is 2.68 bits per heavy atom. The van der Waals surface area contributed by atoms with Crippen LogP contribution in [0.2, 0.25) is 0 Å². The van der Waals surface area contributed by atoms with Crippen molar-refractivity contribution >= 4 is 23.0 Å². The van der Waals surface area contributed by atoms with E-state index in [1.54, 1.807) is 41.8 Å². The highest BCUT2D eigenvalue weighted by atomic mass is 32.1. The van der Waals surface area contributed by atoms with Gasteiger partial charge in [-0.05, 0) is 55.5 Å². The summed E-state index contributed by atoms with van der Waals surface area (Å²) in [5, 5.41) is 11.1. The van der Waals surface area contributed by atoms with Crippen molar-refractivity contribution < 1.29 is 14.6 Å². The lowest BCUT2D eigenvalue weighted by Gasteiger charge is -2.09. The number of pyridine rings is 1. The molecule has 4 rings (SSSR count). The molecule has 0 fully saturated rings. The molecule has 0 spiro atoms. The number of benzene rings is 2. The van der Waals surface area contributed by atoms with Gasteiger partial charge in [-0.3, -0.25) is 4.98 Å². The van der Waals surface area contributed by atoms with Crippen LogP contribution in [0.3, 0.4) is 0 Å². The van der Waals surface area contributed by atoms with Crippen molar-refractivity contribution in [1.29, 1.82) is 0 Å². The molecule has 7 heteroatoms. The van der Waals surface area contributed by atoms with Crippen LogP contribution in [0.1, 0.15) is 23.0 Å². The number of hydrogen-bond donors (Lipinski definition) is 1. The average molecular weight is 432 g/mol. The van der Waals surface area contributed by atoms with Gasteiger partial charge in [-0.15, -0.1) is 11.3 Å². The first-order valence-electron chi connectivity index (χ1n) is 9.83. The number of aromatic nitrogens is 2. The molecule has 0 atom stereocenters. The highest BCUT2D eigenvalue weighted by molar-refractivity contribution is 7.07. The average Bonchev–Trinajstić information content (AvgIpc) is 3.21. The Bertz CT molecular complexity index is 1250. The van der Waals surface area contributed by atoms with E-state index in [-0.39, 0.29) is 5.56 Å². The van der Waals surface area contributed by atoms with E-state index in [1.807, 2.05) is 42.5 Å². The molecule has 31 heavy (non-hydrogen) atoms. The van der Waals surface area contributed by atoms with E-state index in [9.17, 15) is 4.79 Å². The second-order valence-electron chi connectivity index (χ2n) is 6.75. The number of carbonyl (C=O) groups is 1. The fourth-order valence-electron chi connectivity index (χ4n) is 3.13. The van der Waals surface area contributed by atoms with Gasteiger partial charge in [0.1, 0.15) is 12.4 Å². The second kappa shape index (κ2) is 9.40. The number of ether oxygens (including phenoxy) is 1. The number of thiazole rings is 1. The van der Waals surface area contributed by atoms with Gasteiger partial charge in [-0.25, -0.2) is 9.79 Å². The first kappa shape index (κ1) is 20.6. The maximum absolute atomic E-state index is 11.0.